The Labute approximate surface area is 144 Å². The van der Waals surface area contributed by atoms with E-state index in [1.807, 2.05) is 17.6 Å². The third-order valence-electron chi connectivity index (χ3n) is 4.88. The number of aromatic nitrogens is 2. The number of hydrogen-bond acceptors (Lipinski definition) is 5. The van der Waals surface area contributed by atoms with E-state index in [1.54, 1.807) is 16.4 Å². The van der Waals surface area contributed by atoms with E-state index >= 15 is 0 Å². The van der Waals surface area contributed by atoms with Crippen molar-refractivity contribution in [3.8, 4) is 0 Å². The fourth-order valence-corrected chi connectivity index (χ4v) is 6.59. The molecule has 0 amide bonds. The van der Waals surface area contributed by atoms with Crippen molar-refractivity contribution in [1.82, 2.24) is 13.9 Å². The summed E-state index contributed by atoms with van der Waals surface area (Å²) in [6, 6.07) is 5.28. The van der Waals surface area contributed by atoms with Crippen molar-refractivity contribution >= 4 is 21.4 Å². The zero-order chi connectivity index (χ0) is 16.9. The van der Waals surface area contributed by atoms with E-state index < -0.39 is 10.0 Å². The van der Waals surface area contributed by atoms with Crippen LogP contribution in [-0.2, 0) is 23.0 Å². The molecule has 0 spiro atoms. The van der Waals surface area contributed by atoms with E-state index in [0.29, 0.717) is 23.8 Å². The maximum absolute atomic E-state index is 13.0. The first-order valence-corrected chi connectivity index (χ1v) is 10.4. The highest BCUT2D eigenvalue weighted by Crippen LogP contribution is 2.37. The van der Waals surface area contributed by atoms with Crippen LogP contribution in [0.1, 0.15) is 30.0 Å². The summed E-state index contributed by atoms with van der Waals surface area (Å²) in [5.41, 5.74) is 0.964. The summed E-state index contributed by atoms with van der Waals surface area (Å²) in [4.78, 5) is 16.2. The maximum Gasteiger partial charge on any atom is 0.254 e. The van der Waals surface area contributed by atoms with Crippen LogP contribution in [0.2, 0.25) is 0 Å². The first-order chi connectivity index (χ1) is 11.5. The summed E-state index contributed by atoms with van der Waals surface area (Å²) in [6.45, 7) is 3.47. The van der Waals surface area contributed by atoms with E-state index in [1.165, 1.54) is 17.5 Å². The van der Waals surface area contributed by atoms with Gasteiger partial charge in [-0.15, -0.1) is 11.3 Å². The predicted molar refractivity (Wildman–Crippen MR) is 91.8 cm³/mol. The largest absolute Gasteiger partial charge is 0.312 e. The number of hydrogen-bond donors (Lipinski definition) is 0. The Morgan fingerprint density at radius 3 is 2.88 bits per heavy atom. The molecule has 24 heavy (non-hydrogen) atoms. The van der Waals surface area contributed by atoms with Crippen LogP contribution < -0.4 is 5.56 Å². The van der Waals surface area contributed by atoms with Gasteiger partial charge in [-0.1, -0.05) is 13.0 Å². The van der Waals surface area contributed by atoms with Crippen molar-refractivity contribution < 1.29 is 8.42 Å². The molecule has 2 atom stereocenters. The van der Waals surface area contributed by atoms with Gasteiger partial charge >= 0.3 is 0 Å². The topological polar surface area (TPSA) is 72.3 Å². The Kier molecular flexibility index (Phi) is 3.85. The summed E-state index contributed by atoms with van der Waals surface area (Å²) in [5, 5.41) is 0.836. The second-order valence-electron chi connectivity index (χ2n) is 6.45. The molecule has 2 aromatic rings. The smallest absolute Gasteiger partial charge is 0.254 e. The highest BCUT2D eigenvalue weighted by molar-refractivity contribution is 7.91. The standard InChI is InChI=1S/C16H19N3O3S2/c1-2-14-17-7-16(23-14)24(21,22)18-8-11-6-12(10-18)13-4-3-5-15(20)19(13)9-11/h3-5,7,11-12H,2,6,8-10H2,1H3/t11-,12+/m0/s1. The predicted octanol–water partition coefficient (Wildman–Crippen LogP) is 1.68. The summed E-state index contributed by atoms with van der Waals surface area (Å²) in [7, 11) is -3.50. The highest BCUT2D eigenvalue weighted by atomic mass is 32.2. The lowest BCUT2D eigenvalue weighted by Gasteiger charge is -2.41. The van der Waals surface area contributed by atoms with Crippen LogP contribution in [0, 0.1) is 5.92 Å². The second kappa shape index (κ2) is 5.79. The van der Waals surface area contributed by atoms with E-state index in [-0.39, 0.29) is 17.4 Å². The van der Waals surface area contributed by atoms with Gasteiger partial charge in [0.05, 0.1) is 11.2 Å². The Morgan fingerprint density at radius 2 is 2.12 bits per heavy atom. The van der Waals surface area contributed by atoms with Crippen LogP contribution in [0.5, 0.6) is 0 Å². The molecular weight excluding hydrogens is 346 g/mol. The zero-order valence-corrected chi connectivity index (χ0v) is 15.0. The molecule has 2 aromatic heterocycles. The molecule has 0 saturated carbocycles. The summed E-state index contributed by atoms with van der Waals surface area (Å²) in [6.07, 6.45) is 3.15. The van der Waals surface area contributed by atoms with E-state index in [9.17, 15) is 13.2 Å². The van der Waals surface area contributed by atoms with E-state index in [0.717, 1.165) is 23.5 Å². The van der Waals surface area contributed by atoms with Gasteiger partial charge in [-0.3, -0.25) is 4.79 Å². The van der Waals surface area contributed by atoms with Crippen molar-refractivity contribution in [2.24, 2.45) is 5.92 Å². The molecule has 0 unspecified atom stereocenters. The minimum absolute atomic E-state index is 0.00792. The average Bonchev–Trinajstić information content (AvgIpc) is 3.06. The fourth-order valence-electron chi connectivity index (χ4n) is 3.75. The normalized spacial score (nSPS) is 23.9. The summed E-state index contributed by atoms with van der Waals surface area (Å²) >= 11 is 1.25. The maximum atomic E-state index is 13.0. The van der Waals surface area contributed by atoms with Crippen LogP contribution in [0.4, 0.5) is 0 Å². The molecular formula is C16H19N3O3S2. The molecule has 0 aliphatic carbocycles. The summed E-state index contributed by atoms with van der Waals surface area (Å²) in [5.74, 6) is 0.268. The molecule has 8 heteroatoms. The van der Waals surface area contributed by atoms with E-state index in [4.69, 9.17) is 0 Å². The van der Waals surface area contributed by atoms with Crippen LogP contribution in [0.15, 0.2) is 33.4 Å². The minimum Gasteiger partial charge on any atom is -0.312 e. The summed E-state index contributed by atoms with van der Waals surface area (Å²) < 4.78 is 29.6. The number of aryl methyl sites for hydroxylation is 1. The number of pyridine rings is 1. The van der Waals surface area contributed by atoms with Crippen LogP contribution in [0.3, 0.4) is 0 Å². The van der Waals surface area contributed by atoms with Crippen molar-refractivity contribution in [2.75, 3.05) is 13.1 Å². The number of fused-ring (bicyclic) bond motifs is 4. The fraction of sp³-hybridized carbons (Fsp3) is 0.500. The van der Waals surface area contributed by atoms with Crippen molar-refractivity contribution in [2.45, 2.75) is 36.4 Å². The second-order valence-corrected chi connectivity index (χ2v) is 9.73. The quantitative estimate of drug-likeness (QED) is 0.830. The van der Waals surface area contributed by atoms with Gasteiger partial charge in [0.25, 0.3) is 15.6 Å². The monoisotopic (exact) mass is 365 g/mol. The SMILES string of the molecule is CCc1ncc(S(=O)(=O)N2C[C@@H]3C[C@H](C2)c2cccc(=O)n2C3)s1. The van der Waals surface area contributed by atoms with Crippen LogP contribution in [-0.4, -0.2) is 35.4 Å². The van der Waals surface area contributed by atoms with Gasteiger partial charge < -0.3 is 4.57 Å². The van der Waals surface area contributed by atoms with Gasteiger partial charge in [-0.2, -0.15) is 4.31 Å². The zero-order valence-electron chi connectivity index (χ0n) is 13.4. The van der Waals surface area contributed by atoms with Gasteiger partial charge in [0.15, 0.2) is 4.21 Å². The first kappa shape index (κ1) is 16.0. The molecule has 0 aromatic carbocycles. The lowest BCUT2D eigenvalue weighted by Crippen LogP contribution is -2.48. The molecule has 0 radical (unpaired) electrons. The molecule has 2 aliphatic heterocycles. The van der Waals surface area contributed by atoms with Crippen LogP contribution in [0.25, 0.3) is 0 Å². The number of piperidine rings is 1. The molecule has 1 saturated heterocycles. The van der Waals surface area contributed by atoms with Crippen molar-refractivity contribution in [1.29, 1.82) is 0 Å². The first-order valence-electron chi connectivity index (χ1n) is 8.13. The number of rotatable bonds is 3. The third-order valence-corrected chi connectivity index (χ3v) is 8.29. The number of sulfonamides is 1. The number of nitrogens with zero attached hydrogens (tertiary/aromatic N) is 3. The van der Waals surface area contributed by atoms with Gasteiger partial charge in [0.2, 0.25) is 0 Å². The number of thiazole rings is 1. The third kappa shape index (κ3) is 2.53. The molecule has 4 heterocycles. The Balaban J connectivity index is 1.67. The van der Waals surface area contributed by atoms with Gasteiger partial charge in [-0.05, 0) is 24.8 Å². The minimum atomic E-state index is -3.50. The van der Waals surface area contributed by atoms with Gasteiger partial charge in [-0.25, -0.2) is 13.4 Å². The molecule has 6 nitrogen and oxygen atoms in total. The molecule has 2 aliphatic rings. The average molecular weight is 365 g/mol. The Hall–Kier alpha value is -1.51. The van der Waals surface area contributed by atoms with Crippen molar-refractivity contribution in [3.05, 3.63) is 45.5 Å². The van der Waals surface area contributed by atoms with Gasteiger partial charge in [0.1, 0.15) is 0 Å². The van der Waals surface area contributed by atoms with Gasteiger partial charge in [0, 0.05) is 37.3 Å². The molecule has 1 fully saturated rings. The molecule has 0 N–H and O–H groups in total. The molecule has 2 bridgehead atoms. The lowest BCUT2D eigenvalue weighted by molar-refractivity contribution is 0.186. The Bertz CT molecular complexity index is 932. The molecule has 4 rings (SSSR count). The van der Waals surface area contributed by atoms with Crippen LogP contribution >= 0.6 is 11.3 Å². The lowest BCUT2D eigenvalue weighted by atomic mass is 9.84. The van der Waals surface area contributed by atoms with E-state index in [2.05, 4.69) is 4.98 Å². The molecule has 128 valence electrons. The highest BCUT2D eigenvalue weighted by Gasteiger charge is 2.40. The van der Waals surface area contributed by atoms with Crippen molar-refractivity contribution in [3.63, 3.8) is 0 Å². The Morgan fingerprint density at radius 1 is 1.29 bits per heavy atom.